The molecule has 0 aromatic heterocycles. The fourth-order valence-electron chi connectivity index (χ4n) is 2.56. The van der Waals surface area contributed by atoms with Crippen LogP contribution in [0.15, 0.2) is 36.4 Å². The zero-order valence-corrected chi connectivity index (χ0v) is 15.5. The minimum atomic E-state index is -0.453. The molecule has 0 saturated heterocycles. The third-order valence-electron chi connectivity index (χ3n) is 3.88. The summed E-state index contributed by atoms with van der Waals surface area (Å²) in [5.41, 5.74) is 1.58. The number of amides is 1. The molecule has 2 aromatic rings. The number of methoxy groups -OCH3 is 1. The number of carbonyl (C=O) groups is 2. The van der Waals surface area contributed by atoms with Crippen molar-refractivity contribution in [1.82, 2.24) is 0 Å². The van der Waals surface area contributed by atoms with Crippen molar-refractivity contribution in [3.05, 3.63) is 47.0 Å². The largest absolute Gasteiger partial charge is 0.486 e. The number of nitrogens with one attached hydrogen (secondary N) is 2. The molecule has 1 aliphatic rings. The molecule has 0 unspecified atom stereocenters. The molecule has 2 N–H and O–H groups in total. The Labute approximate surface area is 161 Å². The topological polar surface area (TPSA) is 85.9 Å². The van der Waals surface area contributed by atoms with Crippen molar-refractivity contribution in [2.75, 3.05) is 37.5 Å². The van der Waals surface area contributed by atoms with Crippen LogP contribution in [0.25, 0.3) is 0 Å². The number of benzene rings is 2. The Balaban J connectivity index is 1.53. The summed E-state index contributed by atoms with van der Waals surface area (Å²) in [6.45, 7) is 1.35. The molecular weight excluding hydrogens is 372 g/mol. The standard InChI is InChI=1S/C19H19ClN2O5/c1-25-19(24)12-2-4-14(20)15(10-12)21-7-6-18(23)22-13-3-5-16-17(11-13)27-9-8-26-16/h2-5,10-11,21H,6-9H2,1H3,(H,22,23). The lowest BCUT2D eigenvalue weighted by Crippen LogP contribution is -2.18. The molecule has 1 amide bonds. The summed E-state index contributed by atoms with van der Waals surface area (Å²) in [7, 11) is 1.31. The second-order valence-electron chi connectivity index (χ2n) is 5.77. The lowest BCUT2D eigenvalue weighted by molar-refractivity contribution is -0.115. The van der Waals surface area contributed by atoms with Gasteiger partial charge in [-0.25, -0.2) is 4.79 Å². The fraction of sp³-hybridized carbons (Fsp3) is 0.263. The number of halogens is 1. The molecular formula is C19H19ClN2O5. The minimum Gasteiger partial charge on any atom is -0.486 e. The van der Waals surface area contributed by atoms with Gasteiger partial charge in [-0.2, -0.15) is 0 Å². The average Bonchev–Trinajstić information content (AvgIpc) is 2.68. The molecule has 0 spiro atoms. The van der Waals surface area contributed by atoms with Crippen LogP contribution in [0.1, 0.15) is 16.8 Å². The summed E-state index contributed by atoms with van der Waals surface area (Å²) in [4.78, 5) is 23.7. The highest BCUT2D eigenvalue weighted by Gasteiger charge is 2.13. The third-order valence-corrected chi connectivity index (χ3v) is 4.21. The van der Waals surface area contributed by atoms with Crippen LogP contribution in [0.5, 0.6) is 11.5 Å². The minimum absolute atomic E-state index is 0.167. The lowest BCUT2D eigenvalue weighted by atomic mass is 10.2. The Morgan fingerprint density at radius 3 is 2.67 bits per heavy atom. The van der Waals surface area contributed by atoms with Crippen LogP contribution < -0.4 is 20.1 Å². The number of esters is 1. The molecule has 0 saturated carbocycles. The second kappa shape index (κ2) is 8.64. The first-order valence-corrected chi connectivity index (χ1v) is 8.76. The second-order valence-corrected chi connectivity index (χ2v) is 6.18. The van der Waals surface area contributed by atoms with Gasteiger partial charge in [0.2, 0.25) is 5.91 Å². The fourth-order valence-corrected chi connectivity index (χ4v) is 2.75. The Kier molecular flexibility index (Phi) is 6.03. The molecule has 8 heteroatoms. The first-order valence-electron chi connectivity index (χ1n) is 8.38. The number of fused-ring (bicyclic) bond motifs is 1. The van der Waals surface area contributed by atoms with E-state index in [4.69, 9.17) is 21.1 Å². The molecule has 0 radical (unpaired) electrons. The molecule has 1 aliphatic heterocycles. The van der Waals surface area contributed by atoms with Crippen molar-refractivity contribution in [3.8, 4) is 11.5 Å². The molecule has 0 atom stereocenters. The van der Waals surface area contributed by atoms with Gasteiger partial charge in [0, 0.05) is 24.7 Å². The van der Waals surface area contributed by atoms with Crippen LogP contribution in [0.3, 0.4) is 0 Å². The Morgan fingerprint density at radius 1 is 1.11 bits per heavy atom. The highest BCUT2D eigenvalue weighted by atomic mass is 35.5. The van der Waals surface area contributed by atoms with Crippen molar-refractivity contribution in [1.29, 1.82) is 0 Å². The van der Waals surface area contributed by atoms with Gasteiger partial charge in [0.25, 0.3) is 0 Å². The molecule has 0 fully saturated rings. The van der Waals surface area contributed by atoms with Crippen LogP contribution in [-0.2, 0) is 9.53 Å². The van der Waals surface area contributed by atoms with Gasteiger partial charge in [-0.1, -0.05) is 11.6 Å². The van der Waals surface area contributed by atoms with Gasteiger partial charge >= 0.3 is 5.97 Å². The van der Waals surface area contributed by atoms with Gasteiger partial charge in [-0.15, -0.1) is 0 Å². The predicted molar refractivity (Wildman–Crippen MR) is 102 cm³/mol. The maximum absolute atomic E-state index is 12.1. The number of hydrogen-bond acceptors (Lipinski definition) is 6. The van der Waals surface area contributed by atoms with Crippen LogP contribution in [0, 0.1) is 0 Å². The Bertz CT molecular complexity index is 856. The van der Waals surface area contributed by atoms with E-state index < -0.39 is 5.97 Å². The van der Waals surface area contributed by atoms with E-state index in [-0.39, 0.29) is 12.3 Å². The van der Waals surface area contributed by atoms with E-state index in [1.54, 1.807) is 36.4 Å². The number of anilines is 2. The number of carbonyl (C=O) groups excluding carboxylic acids is 2. The summed E-state index contributed by atoms with van der Waals surface area (Å²) in [5.74, 6) is 0.662. The van der Waals surface area contributed by atoms with Gasteiger partial charge in [-0.3, -0.25) is 4.79 Å². The van der Waals surface area contributed by atoms with E-state index >= 15 is 0 Å². The highest BCUT2D eigenvalue weighted by Crippen LogP contribution is 2.32. The van der Waals surface area contributed by atoms with Crippen molar-refractivity contribution >= 4 is 34.9 Å². The lowest BCUT2D eigenvalue weighted by Gasteiger charge is -2.19. The summed E-state index contributed by atoms with van der Waals surface area (Å²) in [5, 5.41) is 6.32. The number of rotatable bonds is 6. The molecule has 3 rings (SSSR count). The Morgan fingerprint density at radius 2 is 1.89 bits per heavy atom. The first-order chi connectivity index (χ1) is 13.1. The molecule has 2 aromatic carbocycles. The van der Waals surface area contributed by atoms with Gasteiger partial charge < -0.3 is 24.8 Å². The maximum Gasteiger partial charge on any atom is 0.337 e. The quantitative estimate of drug-likeness (QED) is 0.736. The molecule has 0 aliphatic carbocycles. The van der Waals surface area contributed by atoms with Gasteiger partial charge in [0.1, 0.15) is 13.2 Å². The van der Waals surface area contributed by atoms with E-state index in [1.807, 2.05) is 0 Å². The van der Waals surface area contributed by atoms with E-state index in [0.717, 1.165) is 0 Å². The molecule has 1 heterocycles. The van der Waals surface area contributed by atoms with Crippen LogP contribution in [0.2, 0.25) is 5.02 Å². The summed E-state index contributed by atoms with van der Waals surface area (Å²) >= 11 is 6.12. The molecule has 142 valence electrons. The summed E-state index contributed by atoms with van der Waals surface area (Å²) in [6.07, 6.45) is 0.215. The summed E-state index contributed by atoms with van der Waals surface area (Å²) in [6, 6.07) is 10.0. The van der Waals surface area contributed by atoms with Gasteiger partial charge in [0.15, 0.2) is 11.5 Å². The normalized spacial score (nSPS) is 12.2. The first kappa shape index (κ1) is 18.8. The van der Waals surface area contributed by atoms with Crippen LogP contribution in [-0.4, -0.2) is 38.7 Å². The third kappa shape index (κ3) is 4.83. The SMILES string of the molecule is COC(=O)c1ccc(Cl)c(NCCC(=O)Nc2ccc3c(c2)OCCO3)c1. The number of hydrogen-bond donors (Lipinski definition) is 2. The average molecular weight is 391 g/mol. The van der Waals surface area contributed by atoms with Crippen LogP contribution >= 0.6 is 11.6 Å². The van der Waals surface area contributed by atoms with Crippen molar-refractivity contribution in [3.63, 3.8) is 0 Å². The molecule has 7 nitrogen and oxygen atoms in total. The van der Waals surface area contributed by atoms with E-state index in [1.165, 1.54) is 7.11 Å². The monoisotopic (exact) mass is 390 g/mol. The summed E-state index contributed by atoms with van der Waals surface area (Å²) < 4.78 is 15.6. The van der Waals surface area contributed by atoms with Gasteiger partial charge in [0.05, 0.1) is 23.4 Å². The van der Waals surface area contributed by atoms with Crippen molar-refractivity contribution < 1.29 is 23.8 Å². The zero-order valence-electron chi connectivity index (χ0n) is 14.7. The maximum atomic E-state index is 12.1. The Hall–Kier alpha value is -2.93. The smallest absolute Gasteiger partial charge is 0.337 e. The van der Waals surface area contributed by atoms with Crippen LogP contribution in [0.4, 0.5) is 11.4 Å². The molecule has 0 bridgehead atoms. The molecule has 27 heavy (non-hydrogen) atoms. The predicted octanol–water partition coefficient (Wildman–Crippen LogP) is 3.34. The van der Waals surface area contributed by atoms with E-state index in [2.05, 4.69) is 15.4 Å². The van der Waals surface area contributed by atoms with Crippen molar-refractivity contribution in [2.45, 2.75) is 6.42 Å². The zero-order chi connectivity index (χ0) is 19.2. The van der Waals surface area contributed by atoms with E-state index in [0.29, 0.717) is 53.2 Å². The van der Waals surface area contributed by atoms with Crippen molar-refractivity contribution in [2.24, 2.45) is 0 Å². The number of ether oxygens (including phenoxy) is 3. The van der Waals surface area contributed by atoms with Gasteiger partial charge in [-0.05, 0) is 30.3 Å². The van der Waals surface area contributed by atoms with E-state index in [9.17, 15) is 9.59 Å². The highest BCUT2D eigenvalue weighted by molar-refractivity contribution is 6.33.